The average molecular weight is 1140 g/mol. The van der Waals surface area contributed by atoms with Gasteiger partial charge in [-0.1, -0.05) is 0 Å². The molecule has 36 nitrogen and oxygen atoms in total. The standard InChI is InChI=1S/C6H18O24P6.12Na.12H2O/c7-31(8,9)25-1-2(26-32(10,11)12)4(28-34(16,17)18)6(30-36(22,23)24)5(29-35(19,20)21)3(1)27-33(13,14)15;;;;;;;;;;;;;;;;;;;;;;;;/h1-6H,(H2,7,8,9)(H2,10,11,12)(H2,13,14,15)(H2,16,17,18)(H2,19,20,21)(H2,22,23,24);;;;;;;;;;;;;12*1H2/q;12*+1;;;;;;;;;;;;/p-12. The molecule has 24 N–H and O–H groups in total. The summed E-state index contributed by atoms with van der Waals surface area (Å²) in [4.78, 5) is 133. The van der Waals surface area contributed by atoms with Gasteiger partial charge in [-0.05, 0) is 0 Å². The summed E-state index contributed by atoms with van der Waals surface area (Å²) in [6, 6.07) is 0. The zero-order chi connectivity index (χ0) is 28.7. The summed E-state index contributed by atoms with van der Waals surface area (Å²) >= 11 is 0. The van der Waals surface area contributed by atoms with Crippen molar-refractivity contribution in [2.45, 2.75) is 36.6 Å². The normalized spacial score (nSPS) is 17.6. The van der Waals surface area contributed by atoms with Crippen molar-refractivity contribution >= 4 is 46.9 Å². The Balaban J connectivity index is -0.0000000245. The van der Waals surface area contributed by atoms with Gasteiger partial charge in [0.15, 0.2) is 0 Å². The van der Waals surface area contributed by atoms with Crippen LogP contribution in [-0.2, 0) is 54.5 Å². The molecule has 0 aromatic rings. The van der Waals surface area contributed by atoms with E-state index in [-0.39, 0.29) is 420 Å². The molecule has 0 aliphatic heterocycles. The number of hydrogen-bond donors (Lipinski definition) is 0. The molecular formula is C6H30Na12O36P6. The summed E-state index contributed by atoms with van der Waals surface area (Å²) in [5, 5.41) is 0. The molecule has 0 bridgehead atoms. The molecule has 1 saturated carbocycles. The van der Waals surface area contributed by atoms with Crippen LogP contribution in [0, 0.1) is 0 Å². The molecule has 312 valence electrons. The van der Waals surface area contributed by atoms with Gasteiger partial charge in [0, 0.05) is 0 Å². The van der Waals surface area contributed by atoms with Crippen LogP contribution in [-0.4, -0.2) is 102 Å². The average Bonchev–Trinajstić information content (AvgIpc) is 2.51. The van der Waals surface area contributed by atoms with Crippen molar-refractivity contribution in [3.05, 3.63) is 0 Å². The van der Waals surface area contributed by atoms with Gasteiger partial charge in [0.25, 0.3) is 0 Å². The maximum absolute atomic E-state index is 11.1. The Bertz CT molecular complexity index is 867. The fourth-order valence-corrected chi connectivity index (χ4v) is 5.96. The molecule has 1 fully saturated rings. The second kappa shape index (κ2) is 67.3. The minimum Gasteiger partial charge on any atom is -0.790 e. The van der Waals surface area contributed by atoms with Crippen molar-refractivity contribution in [1.82, 2.24) is 0 Å². The van der Waals surface area contributed by atoms with Crippen LogP contribution in [0.15, 0.2) is 0 Å². The van der Waals surface area contributed by atoms with E-state index in [9.17, 15) is 86.1 Å². The van der Waals surface area contributed by atoms with Gasteiger partial charge < -0.3 is 179 Å². The summed E-state index contributed by atoms with van der Waals surface area (Å²) in [6.45, 7) is 0. The Morgan fingerprint density at radius 1 is 0.200 bits per heavy atom. The molecule has 0 aromatic heterocycles. The van der Waals surface area contributed by atoms with E-state index >= 15 is 0 Å². The van der Waals surface area contributed by atoms with Gasteiger partial charge in [0.05, 0.1) is 46.9 Å². The number of hydrogen-bond acceptors (Lipinski definition) is 24. The molecule has 1 aliphatic carbocycles. The van der Waals surface area contributed by atoms with E-state index in [1.165, 1.54) is 0 Å². The van der Waals surface area contributed by atoms with Crippen LogP contribution >= 0.6 is 46.9 Å². The van der Waals surface area contributed by atoms with Crippen molar-refractivity contribution in [2.24, 2.45) is 0 Å². The van der Waals surface area contributed by atoms with Gasteiger partial charge in [-0.3, -0.25) is 0 Å². The van der Waals surface area contributed by atoms with E-state index in [2.05, 4.69) is 27.1 Å². The predicted octanol–water partition coefficient (Wildman–Crippen LogP) is -56.6. The third-order valence-corrected chi connectivity index (χ3v) is 6.46. The Labute approximate surface area is 604 Å². The van der Waals surface area contributed by atoms with Crippen LogP contribution in [0.25, 0.3) is 0 Å². The minimum absolute atomic E-state index is 0. The predicted molar refractivity (Wildman–Crippen MR) is 118 cm³/mol. The van der Waals surface area contributed by atoms with Crippen LogP contribution in [0.1, 0.15) is 0 Å². The topological polar surface area (TPSA) is 813 Å². The largest absolute Gasteiger partial charge is 1.00 e. The zero-order valence-electron chi connectivity index (χ0n) is 33.9. The van der Waals surface area contributed by atoms with Crippen LogP contribution in [0.2, 0.25) is 0 Å². The van der Waals surface area contributed by atoms with Crippen molar-refractivity contribution in [3.8, 4) is 0 Å². The molecule has 0 saturated heterocycles. The fraction of sp³-hybridized carbons (Fsp3) is 1.00. The van der Waals surface area contributed by atoms with E-state index in [1.54, 1.807) is 0 Å². The molecule has 1 rings (SSSR count). The molecule has 0 radical (unpaired) electrons. The van der Waals surface area contributed by atoms with Crippen molar-refractivity contribution < 1.29 is 534 Å². The van der Waals surface area contributed by atoms with Gasteiger partial charge in [-0.15, -0.1) is 0 Å². The zero-order valence-corrected chi connectivity index (χ0v) is 63.3. The second-order valence-electron chi connectivity index (χ2n) is 6.10. The first-order valence-electron chi connectivity index (χ1n) is 7.80. The second-order valence-corrected chi connectivity index (χ2v) is 12.7. The first-order chi connectivity index (χ1) is 15.6. The Morgan fingerprint density at radius 2 is 0.250 bits per heavy atom. The Morgan fingerprint density at radius 3 is 0.283 bits per heavy atom. The molecule has 0 aromatic carbocycles. The van der Waals surface area contributed by atoms with Crippen molar-refractivity contribution in [2.75, 3.05) is 0 Å². The van der Waals surface area contributed by atoms with E-state index in [4.69, 9.17) is 0 Å². The molecule has 1 aliphatic rings. The first kappa shape index (κ1) is 158. The summed E-state index contributed by atoms with van der Waals surface area (Å²) in [5.74, 6) is 0. The number of rotatable bonds is 12. The van der Waals surface area contributed by atoms with Crippen LogP contribution in [0.3, 0.4) is 0 Å². The van der Waals surface area contributed by atoms with Gasteiger partial charge >= 0.3 is 355 Å². The van der Waals surface area contributed by atoms with E-state index in [0.29, 0.717) is 0 Å². The SMILES string of the molecule is O.O.O.O.O.O.O.O.O.O.O.O.O=P([O-])([O-])OC1C(OP(=O)([O-])[O-])C(OP(=O)([O-])[O-])C(OP(=O)([O-])[O-])C(OP(=O)([O-])[O-])C1OP(=O)([O-])[O-].[Na+].[Na+].[Na+].[Na+].[Na+].[Na+].[Na+].[Na+].[Na+].[Na+].[Na+].[Na+]. The fourth-order valence-electron chi connectivity index (χ4n) is 2.74. The van der Waals surface area contributed by atoms with E-state index < -0.39 is 83.6 Å². The van der Waals surface area contributed by atoms with Gasteiger partial charge in [0.1, 0.15) is 36.6 Å². The van der Waals surface area contributed by atoms with Gasteiger partial charge in [-0.25, -0.2) is 0 Å². The summed E-state index contributed by atoms with van der Waals surface area (Å²) in [7, 11) is -40.1. The molecule has 0 heterocycles. The molecule has 0 atom stereocenters. The van der Waals surface area contributed by atoms with Crippen LogP contribution in [0.5, 0.6) is 0 Å². The van der Waals surface area contributed by atoms with E-state index in [1.807, 2.05) is 0 Å². The summed E-state index contributed by atoms with van der Waals surface area (Å²) < 4.78 is 88.3. The maximum atomic E-state index is 11.1. The first-order valence-corrected chi connectivity index (χ1v) is 16.6. The van der Waals surface area contributed by atoms with Crippen molar-refractivity contribution in [3.63, 3.8) is 0 Å². The summed E-state index contributed by atoms with van der Waals surface area (Å²) in [6.07, 6.45) is -21.5. The molecule has 0 unspecified atom stereocenters. The van der Waals surface area contributed by atoms with Gasteiger partial charge in [-0.2, -0.15) is 0 Å². The molecule has 0 amide bonds. The Kier molecular flexibility index (Phi) is 177. The summed E-state index contributed by atoms with van der Waals surface area (Å²) in [5.41, 5.74) is 0. The Hall–Kier alpha value is 12.2. The third kappa shape index (κ3) is 76.7. The third-order valence-electron chi connectivity index (χ3n) is 3.45. The monoisotopic (exact) mass is 1140 g/mol. The smallest absolute Gasteiger partial charge is 0.790 e. The number of phosphoric acid groups is 6. The molecule has 0 spiro atoms. The molecular weight excluding hydrogens is 1110 g/mol. The maximum Gasteiger partial charge on any atom is 1.00 e. The number of phosphoric ester groups is 6. The van der Waals surface area contributed by atoms with Crippen LogP contribution in [0.4, 0.5) is 0 Å². The van der Waals surface area contributed by atoms with E-state index in [0.717, 1.165) is 0 Å². The minimum atomic E-state index is -6.68. The molecule has 54 heteroatoms. The van der Waals surface area contributed by atoms with Gasteiger partial charge in [0.2, 0.25) is 0 Å². The van der Waals surface area contributed by atoms with Crippen molar-refractivity contribution in [1.29, 1.82) is 0 Å². The molecule has 60 heavy (non-hydrogen) atoms. The quantitative estimate of drug-likeness (QED) is 0.129. The van der Waals surface area contributed by atoms with Crippen LogP contribution < -0.4 is 413 Å².